The third kappa shape index (κ3) is 5.77. The van der Waals surface area contributed by atoms with E-state index in [0.29, 0.717) is 49.2 Å². The maximum Gasteiger partial charge on any atom is 0.226 e. The Morgan fingerprint density at radius 2 is 1.91 bits per heavy atom. The molecule has 0 saturated carbocycles. The van der Waals surface area contributed by atoms with Crippen molar-refractivity contribution in [2.45, 2.75) is 33.2 Å². The molecular formula is C24H28F4N6O. The van der Waals surface area contributed by atoms with Crippen LogP contribution < -0.4 is 10.6 Å². The van der Waals surface area contributed by atoms with Crippen LogP contribution in [0.25, 0.3) is 0 Å². The molecule has 2 N–H and O–H groups in total. The van der Waals surface area contributed by atoms with E-state index in [-0.39, 0.29) is 36.2 Å². The molecule has 1 aromatic heterocycles. The molecule has 1 amide bonds. The summed E-state index contributed by atoms with van der Waals surface area (Å²) in [6.07, 6.45) is 3.32. The van der Waals surface area contributed by atoms with Crippen molar-refractivity contribution in [1.82, 2.24) is 14.9 Å². The third-order valence-corrected chi connectivity index (χ3v) is 6.05. The van der Waals surface area contributed by atoms with Crippen LogP contribution >= 0.6 is 0 Å². The predicted octanol–water partition coefficient (Wildman–Crippen LogP) is 3.58. The van der Waals surface area contributed by atoms with E-state index >= 15 is 0 Å². The summed E-state index contributed by atoms with van der Waals surface area (Å²) in [6, 6.07) is 1.37. The van der Waals surface area contributed by atoms with Gasteiger partial charge in [0.05, 0.1) is 11.9 Å². The second-order valence-corrected chi connectivity index (χ2v) is 8.26. The first-order valence-electron chi connectivity index (χ1n) is 11.3. The molecule has 0 aliphatic carbocycles. The Kier molecular flexibility index (Phi) is 8.42. The summed E-state index contributed by atoms with van der Waals surface area (Å²) in [5.41, 5.74) is 6.26. The maximum atomic E-state index is 14.4. The highest BCUT2D eigenvalue weighted by atomic mass is 19.2. The summed E-state index contributed by atoms with van der Waals surface area (Å²) in [7, 11) is 1.52. The smallest absolute Gasteiger partial charge is 0.226 e. The lowest BCUT2D eigenvalue weighted by Crippen LogP contribution is -2.43. The Morgan fingerprint density at radius 1 is 1.23 bits per heavy atom. The molecule has 0 unspecified atom stereocenters. The summed E-state index contributed by atoms with van der Waals surface area (Å²) < 4.78 is 55.6. The van der Waals surface area contributed by atoms with Gasteiger partial charge in [0.2, 0.25) is 11.9 Å². The van der Waals surface area contributed by atoms with Crippen LogP contribution in [0.15, 0.2) is 35.1 Å². The average Bonchev–Trinajstić information content (AvgIpc) is 2.86. The highest BCUT2D eigenvalue weighted by Crippen LogP contribution is 2.25. The van der Waals surface area contributed by atoms with E-state index in [1.165, 1.54) is 18.1 Å². The summed E-state index contributed by atoms with van der Waals surface area (Å²) in [5, 5.41) is 0. The fourth-order valence-corrected chi connectivity index (χ4v) is 4.08. The number of benzene rings is 1. The van der Waals surface area contributed by atoms with Crippen molar-refractivity contribution in [3.8, 4) is 0 Å². The van der Waals surface area contributed by atoms with E-state index in [9.17, 15) is 22.4 Å². The predicted molar refractivity (Wildman–Crippen MR) is 125 cm³/mol. The van der Waals surface area contributed by atoms with Gasteiger partial charge in [-0.2, -0.15) is 0 Å². The van der Waals surface area contributed by atoms with Gasteiger partial charge in [-0.1, -0.05) is 0 Å². The molecule has 2 aromatic rings. The van der Waals surface area contributed by atoms with Crippen LogP contribution in [0.5, 0.6) is 0 Å². The van der Waals surface area contributed by atoms with E-state index in [2.05, 4.69) is 15.0 Å². The number of anilines is 1. The van der Waals surface area contributed by atoms with Crippen LogP contribution in [0.2, 0.25) is 0 Å². The number of rotatable bonds is 7. The van der Waals surface area contributed by atoms with Crippen molar-refractivity contribution < 1.29 is 22.4 Å². The lowest BCUT2D eigenvalue weighted by molar-refractivity contribution is -0.136. The van der Waals surface area contributed by atoms with Crippen LogP contribution in [-0.4, -0.2) is 53.2 Å². The van der Waals surface area contributed by atoms with Crippen LogP contribution in [-0.2, 0) is 11.3 Å². The first kappa shape index (κ1) is 26.1. The second-order valence-electron chi connectivity index (χ2n) is 8.26. The summed E-state index contributed by atoms with van der Waals surface area (Å²) in [5.74, 6) is -4.25. The Labute approximate surface area is 201 Å². The molecule has 1 aliphatic rings. The van der Waals surface area contributed by atoms with Gasteiger partial charge >= 0.3 is 0 Å². The van der Waals surface area contributed by atoms with E-state index in [4.69, 9.17) is 5.73 Å². The number of allylic oxidation sites excluding steroid dienone is 1. The van der Waals surface area contributed by atoms with Gasteiger partial charge in [-0.15, -0.1) is 0 Å². The van der Waals surface area contributed by atoms with E-state index < -0.39 is 23.3 Å². The lowest BCUT2D eigenvalue weighted by Gasteiger charge is -2.34. The fraction of sp³-hybridized carbons (Fsp3) is 0.417. The maximum absolute atomic E-state index is 14.4. The van der Waals surface area contributed by atoms with Crippen molar-refractivity contribution in [2.24, 2.45) is 16.6 Å². The summed E-state index contributed by atoms with van der Waals surface area (Å²) in [4.78, 5) is 28.8. The zero-order valence-corrected chi connectivity index (χ0v) is 19.9. The number of nitrogens with zero attached hydrogens (tertiary/aromatic N) is 5. The van der Waals surface area contributed by atoms with Gasteiger partial charge in [-0.05, 0) is 44.5 Å². The van der Waals surface area contributed by atoms with E-state index in [0.717, 1.165) is 12.3 Å². The molecule has 0 atom stereocenters. The number of carbonyl (C=O) groups is 1. The molecule has 188 valence electrons. The highest BCUT2D eigenvalue weighted by Gasteiger charge is 2.30. The number of amides is 1. The molecule has 1 aromatic carbocycles. The van der Waals surface area contributed by atoms with Crippen molar-refractivity contribution in [1.29, 1.82) is 0 Å². The molecule has 1 fully saturated rings. The first-order valence-corrected chi connectivity index (χ1v) is 11.3. The highest BCUT2D eigenvalue weighted by molar-refractivity contribution is 6.11. The van der Waals surface area contributed by atoms with Crippen LogP contribution in [0, 0.1) is 29.2 Å². The number of aliphatic imine (C=N–C) groups is 1. The van der Waals surface area contributed by atoms with Gasteiger partial charge in [0.1, 0.15) is 11.5 Å². The van der Waals surface area contributed by atoms with Crippen LogP contribution in [0.3, 0.4) is 0 Å². The standard InChI is InChI=1S/C24H28F4N6O/c1-4-33(13-16-9-17(25)10-18(26)20(16)28)23(35)15-5-7-34(8-6-15)24-31-12-19(27)22(32-24)21(30-3)14(2)11-29/h9-12,15H,4-8,13,29H2,1-3H3. The van der Waals surface area contributed by atoms with Gasteiger partial charge in [-0.3, -0.25) is 9.79 Å². The normalized spacial score (nSPS) is 15.5. The molecule has 1 saturated heterocycles. The second kappa shape index (κ2) is 11.3. The van der Waals surface area contributed by atoms with Gasteiger partial charge in [0.15, 0.2) is 17.5 Å². The number of halogens is 4. The monoisotopic (exact) mass is 492 g/mol. The van der Waals surface area contributed by atoms with E-state index in [1.54, 1.807) is 13.8 Å². The molecule has 1 aliphatic heterocycles. The number of hydrogen-bond donors (Lipinski definition) is 1. The number of nitrogens with two attached hydrogens (primary N) is 1. The third-order valence-electron chi connectivity index (χ3n) is 6.05. The molecule has 3 rings (SSSR count). The quantitative estimate of drug-likeness (QED) is 0.363. The SMILES string of the molecule is CCN(Cc1cc(F)cc(F)c1F)C(=O)C1CCN(c2ncc(F)c(C(=NC)C(C)=CN)n2)CC1. The molecule has 0 spiro atoms. The van der Waals surface area contributed by atoms with Gasteiger partial charge < -0.3 is 15.5 Å². The number of hydrogen-bond acceptors (Lipinski definition) is 6. The Hall–Kier alpha value is -3.50. The zero-order valence-electron chi connectivity index (χ0n) is 19.9. The summed E-state index contributed by atoms with van der Waals surface area (Å²) in [6.45, 7) is 4.32. The van der Waals surface area contributed by atoms with Crippen LogP contribution in [0.4, 0.5) is 23.5 Å². The van der Waals surface area contributed by atoms with E-state index in [1.807, 2.05) is 4.90 Å². The molecule has 35 heavy (non-hydrogen) atoms. The van der Waals surface area contributed by atoms with Crippen molar-refractivity contribution >= 4 is 17.6 Å². The number of aromatic nitrogens is 2. The van der Waals surface area contributed by atoms with Crippen molar-refractivity contribution in [3.63, 3.8) is 0 Å². The van der Waals surface area contributed by atoms with Crippen molar-refractivity contribution in [3.05, 3.63) is 64.6 Å². The fourth-order valence-electron chi connectivity index (χ4n) is 4.08. The lowest BCUT2D eigenvalue weighted by atomic mass is 9.95. The molecule has 7 nitrogen and oxygen atoms in total. The topological polar surface area (TPSA) is 87.7 Å². The number of carbonyl (C=O) groups excluding carboxylic acids is 1. The van der Waals surface area contributed by atoms with Crippen LogP contribution in [0.1, 0.15) is 37.9 Å². The van der Waals surface area contributed by atoms with Crippen molar-refractivity contribution in [2.75, 3.05) is 31.6 Å². The Balaban J connectivity index is 1.70. The molecule has 2 heterocycles. The molecule has 11 heteroatoms. The zero-order chi connectivity index (χ0) is 25.7. The minimum atomic E-state index is -1.29. The summed E-state index contributed by atoms with van der Waals surface area (Å²) >= 11 is 0. The Morgan fingerprint density at radius 3 is 2.51 bits per heavy atom. The van der Waals surface area contributed by atoms with Gasteiger partial charge in [0, 0.05) is 50.8 Å². The van der Waals surface area contributed by atoms with Gasteiger partial charge in [-0.25, -0.2) is 27.5 Å². The first-order chi connectivity index (χ1) is 16.7. The molecule has 0 bridgehead atoms. The largest absolute Gasteiger partial charge is 0.404 e. The number of piperidine rings is 1. The molecular weight excluding hydrogens is 464 g/mol. The average molecular weight is 493 g/mol. The molecule has 0 radical (unpaired) electrons. The minimum Gasteiger partial charge on any atom is -0.404 e. The Bertz CT molecular complexity index is 1150. The minimum absolute atomic E-state index is 0.0383. The van der Waals surface area contributed by atoms with Gasteiger partial charge in [0.25, 0.3) is 0 Å².